The average molecular weight is 282 g/mol. The van der Waals surface area contributed by atoms with E-state index in [0.29, 0.717) is 6.04 Å². The molecule has 2 rings (SSSR count). The lowest BCUT2D eigenvalue weighted by Crippen LogP contribution is -2.24. The highest BCUT2D eigenvalue weighted by atomic mass is 35.5. The lowest BCUT2D eigenvalue weighted by atomic mass is 10.2. The van der Waals surface area contributed by atoms with Crippen LogP contribution in [0.5, 0.6) is 0 Å². The number of rotatable bonds is 5. The maximum atomic E-state index is 5.97. The number of nitrogens with one attached hydrogen (secondary N) is 1. The highest BCUT2D eigenvalue weighted by Crippen LogP contribution is 2.25. The molecule has 3 nitrogen and oxygen atoms in total. The van der Waals surface area contributed by atoms with Crippen LogP contribution < -0.4 is 5.32 Å². The molecular weight excluding hydrogens is 266 g/mol. The Balaban J connectivity index is 2.02. The number of hydrogen-bond acceptors (Lipinski definition) is 4. The van der Waals surface area contributed by atoms with E-state index in [0.717, 1.165) is 33.6 Å². The van der Waals surface area contributed by atoms with Crippen molar-refractivity contribution in [1.82, 2.24) is 15.5 Å². The maximum Gasteiger partial charge on any atom is 0.147 e. The normalized spacial score (nSPS) is 11.1. The molecule has 0 aliphatic heterocycles. The van der Waals surface area contributed by atoms with Crippen molar-refractivity contribution in [3.8, 4) is 10.6 Å². The fourth-order valence-corrected chi connectivity index (χ4v) is 2.59. The van der Waals surface area contributed by atoms with Crippen LogP contribution in [0.1, 0.15) is 18.9 Å². The van der Waals surface area contributed by atoms with Gasteiger partial charge in [0, 0.05) is 29.6 Å². The van der Waals surface area contributed by atoms with E-state index in [2.05, 4.69) is 29.4 Å². The van der Waals surface area contributed by atoms with Crippen molar-refractivity contribution in [2.75, 3.05) is 6.54 Å². The van der Waals surface area contributed by atoms with Crippen LogP contribution in [-0.2, 0) is 6.42 Å². The van der Waals surface area contributed by atoms with Gasteiger partial charge in [-0.2, -0.15) is 0 Å². The SMILES string of the molecule is CC(C)NCCc1nnc(-c2cccc(Cl)c2)s1. The first-order valence-electron chi connectivity index (χ1n) is 5.97. The van der Waals surface area contributed by atoms with E-state index >= 15 is 0 Å². The molecule has 0 radical (unpaired) electrons. The molecule has 5 heteroatoms. The molecule has 0 aliphatic carbocycles. The summed E-state index contributed by atoms with van der Waals surface area (Å²) in [5.74, 6) is 0. The zero-order chi connectivity index (χ0) is 13.0. The monoisotopic (exact) mass is 281 g/mol. The van der Waals surface area contributed by atoms with Gasteiger partial charge in [0.25, 0.3) is 0 Å². The van der Waals surface area contributed by atoms with Crippen molar-refractivity contribution in [2.45, 2.75) is 26.3 Å². The second-order valence-corrected chi connectivity index (χ2v) is 5.87. The summed E-state index contributed by atoms with van der Waals surface area (Å²) < 4.78 is 0. The van der Waals surface area contributed by atoms with Crippen LogP contribution in [0.4, 0.5) is 0 Å². The minimum absolute atomic E-state index is 0.505. The van der Waals surface area contributed by atoms with Gasteiger partial charge in [-0.05, 0) is 12.1 Å². The molecule has 0 saturated heterocycles. The van der Waals surface area contributed by atoms with E-state index in [1.807, 2.05) is 24.3 Å². The molecule has 0 bridgehead atoms. The zero-order valence-corrected chi connectivity index (χ0v) is 12.1. The van der Waals surface area contributed by atoms with Gasteiger partial charge in [0.1, 0.15) is 10.0 Å². The van der Waals surface area contributed by atoms with Crippen LogP contribution in [-0.4, -0.2) is 22.8 Å². The highest BCUT2D eigenvalue weighted by Gasteiger charge is 2.07. The molecule has 0 fully saturated rings. The van der Waals surface area contributed by atoms with Crippen LogP contribution >= 0.6 is 22.9 Å². The second-order valence-electron chi connectivity index (χ2n) is 4.37. The summed E-state index contributed by atoms with van der Waals surface area (Å²) in [6.45, 7) is 5.21. The quantitative estimate of drug-likeness (QED) is 0.913. The smallest absolute Gasteiger partial charge is 0.147 e. The van der Waals surface area contributed by atoms with Gasteiger partial charge in [-0.1, -0.05) is 48.9 Å². The Morgan fingerprint density at radius 1 is 1.33 bits per heavy atom. The van der Waals surface area contributed by atoms with Crippen molar-refractivity contribution < 1.29 is 0 Å². The van der Waals surface area contributed by atoms with E-state index in [1.54, 1.807) is 11.3 Å². The molecule has 2 aromatic rings. The van der Waals surface area contributed by atoms with E-state index in [-0.39, 0.29) is 0 Å². The van der Waals surface area contributed by atoms with E-state index < -0.39 is 0 Å². The van der Waals surface area contributed by atoms with Crippen molar-refractivity contribution in [2.24, 2.45) is 0 Å². The number of aromatic nitrogens is 2. The Hall–Kier alpha value is -0.970. The molecule has 1 aromatic heterocycles. The van der Waals surface area contributed by atoms with Crippen molar-refractivity contribution in [3.63, 3.8) is 0 Å². The Morgan fingerprint density at radius 3 is 2.89 bits per heavy atom. The molecular formula is C13H16ClN3S. The van der Waals surface area contributed by atoms with Crippen molar-refractivity contribution in [1.29, 1.82) is 0 Å². The molecule has 0 amide bonds. The summed E-state index contributed by atoms with van der Waals surface area (Å²) in [5.41, 5.74) is 1.03. The van der Waals surface area contributed by atoms with Crippen LogP contribution in [0.3, 0.4) is 0 Å². The first-order chi connectivity index (χ1) is 8.65. The predicted octanol–water partition coefficient (Wildman–Crippen LogP) is 3.40. The lowest BCUT2D eigenvalue weighted by molar-refractivity contribution is 0.588. The molecule has 1 heterocycles. The summed E-state index contributed by atoms with van der Waals surface area (Å²) >= 11 is 7.59. The van der Waals surface area contributed by atoms with Crippen LogP contribution in [0.2, 0.25) is 5.02 Å². The van der Waals surface area contributed by atoms with E-state index in [9.17, 15) is 0 Å². The number of benzene rings is 1. The standard InChI is InChI=1S/C13H16ClN3S/c1-9(2)15-7-6-12-16-17-13(18-12)10-4-3-5-11(14)8-10/h3-5,8-9,15H,6-7H2,1-2H3. The molecule has 0 aliphatic rings. The molecule has 1 aromatic carbocycles. The Kier molecular flexibility index (Phi) is 4.69. The first kappa shape index (κ1) is 13.5. The van der Waals surface area contributed by atoms with Gasteiger partial charge in [-0.15, -0.1) is 10.2 Å². The highest BCUT2D eigenvalue weighted by molar-refractivity contribution is 7.14. The molecule has 0 atom stereocenters. The summed E-state index contributed by atoms with van der Waals surface area (Å²) in [4.78, 5) is 0. The third-order valence-electron chi connectivity index (χ3n) is 2.43. The molecule has 0 spiro atoms. The van der Waals surface area contributed by atoms with E-state index in [4.69, 9.17) is 11.6 Å². The molecule has 0 unspecified atom stereocenters. The largest absolute Gasteiger partial charge is 0.314 e. The van der Waals surface area contributed by atoms with Crippen LogP contribution in [0.15, 0.2) is 24.3 Å². The molecule has 1 N–H and O–H groups in total. The summed E-state index contributed by atoms with van der Waals surface area (Å²) in [6.07, 6.45) is 0.913. The molecule has 0 saturated carbocycles. The Morgan fingerprint density at radius 2 is 2.17 bits per heavy atom. The second kappa shape index (κ2) is 6.27. The number of halogens is 1. The van der Waals surface area contributed by atoms with Crippen LogP contribution in [0.25, 0.3) is 10.6 Å². The van der Waals surface area contributed by atoms with Gasteiger partial charge < -0.3 is 5.32 Å². The average Bonchev–Trinajstić information content (AvgIpc) is 2.77. The fourth-order valence-electron chi connectivity index (χ4n) is 1.56. The fraction of sp³-hybridized carbons (Fsp3) is 0.385. The molecule has 96 valence electrons. The predicted molar refractivity (Wildman–Crippen MR) is 77.2 cm³/mol. The number of hydrogen-bond donors (Lipinski definition) is 1. The minimum atomic E-state index is 0.505. The topological polar surface area (TPSA) is 37.8 Å². The van der Waals surface area contributed by atoms with Gasteiger partial charge in [0.05, 0.1) is 0 Å². The third-order valence-corrected chi connectivity index (χ3v) is 3.70. The minimum Gasteiger partial charge on any atom is -0.314 e. The maximum absolute atomic E-state index is 5.97. The summed E-state index contributed by atoms with van der Waals surface area (Å²) in [7, 11) is 0. The molecule has 18 heavy (non-hydrogen) atoms. The van der Waals surface area contributed by atoms with Gasteiger partial charge >= 0.3 is 0 Å². The van der Waals surface area contributed by atoms with Crippen LogP contribution in [0, 0.1) is 0 Å². The Bertz CT molecular complexity index is 510. The van der Waals surface area contributed by atoms with Gasteiger partial charge in [0.15, 0.2) is 0 Å². The zero-order valence-electron chi connectivity index (χ0n) is 10.5. The van der Waals surface area contributed by atoms with E-state index in [1.165, 1.54) is 0 Å². The third kappa shape index (κ3) is 3.77. The number of nitrogens with zero attached hydrogens (tertiary/aromatic N) is 2. The summed E-state index contributed by atoms with van der Waals surface area (Å²) in [5, 5.41) is 14.5. The lowest BCUT2D eigenvalue weighted by Gasteiger charge is -2.05. The van der Waals surface area contributed by atoms with Gasteiger partial charge in [-0.3, -0.25) is 0 Å². The summed E-state index contributed by atoms with van der Waals surface area (Å²) in [6, 6.07) is 8.21. The Labute approximate surface area is 116 Å². The van der Waals surface area contributed by atoms with Gasteiger partial charge in [0.2, 0.25) is 0 Å². The van der Waals surface area contributed by atoms with Crippen molar-refractivity contribution in [3.05, 3.63) is 34.3 Å². The van der Waals surface area contributed by atoms with Crippen molar-refractivity contribution >= 4 is 22.9 Å². The first-order valence-corrected chi connectivity index (χ1v) is 7.16. The van der Waals surface area contributed by atoms with Gasteiger partial charge in [-0.25, -0.2) is 0 Å².